The first-order chi connectivity index (χ1) is 18.3. The van der Waals surface area contributed by atoms with Gasteiger partial charge in [-0.05, 0) is 43.3 Å². The molecule has 2 aliphatic heterocycles. The third-order valence-electron chi connectivity index (χ3n) is 6.74. The number of hydrogen-bond donors (Lipinski definition) is 3. The van der Waals surface area contributed by atoms with E-state index in [1.54, 1.807) is 25.7 Å². The van der Waals surface area contributed by atoms with Gasteiger partial charge in [-0.3, -0.25) is 4.98 Å². The predicted octanol–water partition coefficient (Wildman–Crippen LogP) is 3.45. The lowest BCUT2D eigenvalue weighted by Gasteiger charge is -2.29. The maximum Gasteiger partial charge on any atom is 0.162 e. The first-order valence-corrected chi connectivity index (χ1v) is 12.6. The second-order valence-electron chi connectivity index (χ2n) is 9.16. The van der Waals surface area contributed by atoms with Crippen molar-refractivity contribution in [3.05, 3.63) is 55.0 Å². The van der Waals surface area contributed by atoms with E-state index in [1.807, 2.05) is 30.3 Å². The van der Waals surface area contributed by atoms with Crippen molar-refractivity contribution in [2.45, 2.75) is 12.5 Å². The van der Waals surface area contributed by atoms with E-state index < -0.39 is 0 Å². The fourth-order valence-corrected chi connectivity index (χ4v) is 4.77. The van der Waals surface area contributed by atoms with Crippen molar-refractivity contribution in [2.75, 3.05) is 62.0 Å². The molecule has 5 heterocycles. The summed E-state index contributed by atoms with van der Waals surface area (Å²) in [4.78, 5) is 20.8. The fraction of sp³-hybridized carbons (Fsp3) is 0.333. The number of nitrogens with one attached hydrogen (secondary N) is 3. The summed E-state index contributed by atoms with van der Waals surface area (Å²) in [5, 5.41) is 11.4. The molecule has 1 aromatic carbocycles. The maximum absolute atomic E-state index is 5.70. The minimum absolute atomic E-state index is 0.335. The van der Waals surface area contributed by atoms with Crippen LogP contribution in [0.3, 0.4) is 0 Å². The summed E-state index contributed by atoms with van der Waals surface area (Å²) in [5.41, 5.74) is 3.61. The molecular weight excluding hydrogens is 468 g/mol. The number of morpholine rings is 1. The molecule has 0 aliphatic carbocycles. The number of fused-ring (bicyclic) bond motifs is 1. The monoisotopic (exact) mass is 498 g/mol. The van der Waals surface area contributed by atoms with E-state index in [-0.39, 0.29) is 0 Å². The SMILES string of the molecule is COc1cc(N2CCOCC2)ccc1Nc1cc(-c2nc(NC3CCNC3)c3ccncc3n2)ccn1. The van der Waals surface area contributed by atoms with E-state index >= 15 is 0 Å². The predicted molar refractivity (Wildman–Crippen MR) is 145 cm³/mol. The molecule has 190 valence electrons. The van der Waals surface area contributed by atoms with Gasteiger partial charge in [-0.2, -0.15) is 0 Å². The Morgan fingerprint density at radius 2 is 2.00 bits per heavy atom. The second-order valence-corrected chi connectivity index (χ2v) is 9.16. The molecular formula is C27H30N8O2. The topological polar surface area (TPSA) is 109 Å². The van der Waals surface area contributed by atoms with E-state index in [0.29, 0.717) is 17.7 Å². The quantitative estimate of drug-likeness (QED) is 0.350. The zero-order valence-electron chi connectivity index (χ0n) is 20.8. The van der Waals surface area contributed by atoms with E-state index in [4.69, 9.17) is 19.4 Å². The van der Waals surface area contributed by atoms with Crippen LogP contribution in [0, 0.1) is 0 Å². The van der Waals surface area contributed by atoms with Crippen LogP contribution in [-0.4, -0.2) is 72.5 Å². The molecule has 4 aromatic rings. The van der Waals surface area contributed by atoms with Crippen LogP contribution >= 0.6 is 0 Å². The molecule has 2 fully saturated rings. The van der Waals surface area contributed by atoms with Crippen LogP contribution in [0.2, 0.25) is 0 Å². The largest absolute Gasteiger partial charge is 0.494 e. The number of aromatic nitrogens is 4. The van der Waals surface area contributed by atoms with Gasteiger partial charge in [-0.15, -0.1) is 0 Å². The highest BCUT2D eigenvalue weighted by Gasteiger charge is 2.18. The first-order valence-electron chi connectivity index (χ1n) is 12.6. The van der Waals surface area contributed by atoms with Crippen molar-refractivity contribution < 1.29 is 9.47 Å². The maximum atomic E-state index is 5.70. The fourth-order valence-electron chi connectivity index (χ4n) is 4.77. The molecule has 1 atom stereocenters. The molecule has 2 aliphatic rings. The number of methoxy groups -OCH3 is 1. The first kappa shape index (κ1) is 23.4. The van der Waals surface area contributed by atoms with Gasteiger partial charge in [0.2, 0.25) is 0 Å². The highest BCUT2D eigenvalue weighted by Crippen LogP contribution is 2.33. The Morgan fingerprint density at radius 1 is 1.08 bits per heavy atom. The summed E-state index contributed by atoms with van der Waals surface area (Å²) in [7, 11) is 1.68. The molecule has 0 saturated carbocycles. The number of pyridine rings is 2. The van der Waals surface area contributed by atoms with Crippen molar-refractivity contribution in [3.8, 4) is 17.1 Å². The number of ether oxygens (including phenoxy) is 2. The van der Waals surface area contributed by atoms with Crippen molar-refractivity contribution in [1.82, 2.24) is 25.3 Å². The molecule has 0 radical (unpaired) electrons. The van der Waals surface area contributed by atoms with Crippen LogP contribution < -0.4 is 25.6 Å². The molecule has 0 amide bonds. The van der Waals surface area contributed by atoms with Crippen LogP contribution in [0.4, 0.5) is 23.0 Å². The van der Waals surface area contributed by atoms with Crippen LogP contribution in [-0.2, 0) is 4.74 Å². The average Bonchev–Trinajstić information content (AvgIpc) is 3.47. The number of anilines is 4. The molecule has 0 spiro atoms. The summed E-state index contributed by atoms with van der Waals surface area (Å²) in [6.45, 7) is 5.14. The lowest BCUT2D eigenvalue weighted by molar-refractivity contribution is 0.122. The Balaban J connectivity index is 1.28. The van der Waals surface area contributed by atoms with Gasteiger partial charge in [0.05, 0.1) is 37.7 Å². The molecule has 0 bridgehead atoms. The summed E-state index contributed by atoms with van der Waals surface area (Å²) in [6.07, 6.45) is 6.37. The van der Waals surface area contributed by atoms with E-state index in [2.05, 4.69) is 36.9 Å². The van der Waals surface area contributed by atoms with Gasteiger partial charge in [-0.1, -0.05) is 0 Å². The highest BCUT2D eigenvalue weighted by molar-refractivity contribution is 5.90. The average molecular weight is 499 g/mol. The Bertz CT molecular complexity index is 1390. The number of benzene rings is 1. The summed E-state index contributed by atoms with van der Waals surface area (Å²) in [5.74, 6) is 2.87. The van der Waals surface area contributed by atoms with Crippen LogP contribution in [0.15, 0.2) is 55.0 Å². The van der Waals surface area contributed by atoms with Gasteiger partial charge in [0.1, 0.15) is 17.4 Å². The minimum atomic E-state index is 0.335. The Kier molecular flexibility index (Phi) is 6.66. The number of rotatable bonds is 7. The van der Waals surface area contributed by atoms with Gasteiger partial charge in [0, 0.05) is 60.8 Å². The Hall–Kier alpha value is -4.02. The van der Waals surface area contributed by atoms with Gasteiger partial charge in [0.15, 0.2) is 5.82 Å². The molecule has 37 heavy (non-hydrogen) atoms. The number of hydrogen-bond acceptors (Lipinski definition) is 10. The van der Waals surface area contributed by atoms with Gasteiger partial charge in [0.25, 0.3) is 0 Å². The summed E-state index contributed by atoms with van der Waals surface area (Å²) < 4.78 is 11.2. The van der Waals surface area contributed by atoms with Crippen LogP contribution in [0.5, 0.6) is 5.75 Å². The Labute approximate surface area is 215 Å². The standard InChI is InChI=1S/C27H30N8O2/c1-36-24-15-20(35-10-12-37-13-11-35)2-3-22(24)32-25-14-18(4-9-30-25)26-33-23-17-29-8-6-21(23)27(34-26)31-19-5-7-28-16-19/h2-4,6,8-9,14-15,17,19,28H,5,7,10-13,16H2,1H3,(H,30,32)(H,31,33,34). The lowest BCUT2D eigenvalue weighted by Crippen LogP contribution is -2.36. The Morgan fingerprint density at radius 3 is 2.84 bits per heavy atom. The van der Waals surface area contributed by atoms with Crippen LogP contribution in [0.1, 0.15) is 6.42 Å². The van der Waals surface area contributed by atoms with E-state index in [1.165, 1.54) is 0 Å². The van der Waals surface area contributed by atoms with Gasteiger partial charge >= 0.3 is 0 Å². The van der Waals surface area contributed by atoms with Crippen LogP contribution in [0.25, 0.3) is 22.3 Å². The lowest BCUT2D eigenvalue weighted by atomic mass is 10.2. The third kappa shape index (κ3) is 5.11. The van der Waals surface area contributed by atoms with Crippen molar-refractivity contribution in [3.63, 3.8) is 0 Å². The van der Waals surface area contributed by atoms with Crippen molar-refractivity contribution in [1.29, 1.82) is 0 Å². The van der Waals surface area contributed by atoms with E-state index in [0.717, 1.165) is 85.2 Å². The van der Waals surface area contributed by atoms with Crippen molar-refractivity contribution in [2.24, 2.45) is 0 Å². The second kappa shape index (κ2) is 10.5. The van der Waals surface area contributed by atoms with Gasteiger partial charge < -0.3 is 30.3 Å². The zero-order chi connectivity index (χ0) is 25.0. The van der Waals surface area contributed by atoms with Gasteiger partial charge in [-0.25, -0.2) is 15.0 Å². The molecule has 10 heteroatoms. The molecule has 3 aromatic heterocycles. The normalized spacial score (nSPS) is 17.6. The number of nitrogens with zero attached hydrogens (tertiary/aromatic N) is 5. The molecule has 3 N–H and O–H groups in total. The summed E-state index contributed by atoms with van der Waals surface area (Å²) in [6, 6.07) is 12.3. The minimum Gasteiger partial charge on any atom is -0.494 e. The molecule has 6 rings (SSSR count). The summed E-state index contributed by atoms with van der Waals surface area (Å²) >= 11 is 0. The zero-order valence-corrected chi connectivity index (χ0v) is 20.8. The van der Waals surface area contributed by atoms with Crippen molar-refractivity contribution >= 4 is 33.9 Å². The smallest absolute Gasteiger partial charge is 0.162 e. The molecule has 10 nitrogen and oxygen atoms in total. The van der Waals surface area contributed by atoms with E-state index in [9.17, 15) is 0 Å². The highest BCUT2D eigenvalue weighted by atomic mass is 16.5. The third-order valence-corrected chi connectivity index (χ3v) is 6.74. The molecule has 1 unspecified atom stereocenters. The molecule has 2 saturated heterocycles.